The molecule has 0 saturated heterocycles. The SMILES string of the molecule is Cc1ccc(C(C)NC(=O)c2ccnc(N)c2F)s1. The van der Waals surface area contributed by atoms with Gasteiger partial charge in [-0.25, -0.2) is 9.37 Å². The predicted molar refractivity (Wildman–Crippen MR) is 73.5 cm³/mol. The highest BCUT2D eigenvalue weighted by molar-refractivity contribution is 7.12. The highest BCUT2D eigenvalue weighted by Crippen LogP contribution is 2.23. The Bertz CT molecular complexity index is 612. The zero-order valence-electron chi connectivity index (χ0n) is 10.6. The summed E-state index contributed by atoms with van der Waals surface area (Å²) >= 11 is 1.59. The van der Waals surface area contributed by atoms with E-state index in [0.717, 1.165) is 9.75 Å². The van der Waals surface area contributed by atoms with Crippen LogP contribution in [-0.4, -0.2) is 10.9 Å². The summed E-state index contributed by atoms with van der Waals surface area (Å²) in [6.07, 6.45) is 1.31. The number of carbonyl (C=O) groups is 1. The number of nitrogens with two attached hydrogens (primary N) is 1. The smallest absolute Gasteiger partial charge is 0.254 e. The second-order valence-electron chi connectivity index (χ2n) is 4.20. The van der Waals surface area contributed by atoms with E-state index in [1.807, 2.05) is 26.0 Å². The number of nitrogens with one attached hydrogen (secondary N) is 1. The third kappa shape index (κ3) is 2.90. The molecule has 1 unspecified atom stereocenters. The van der Waals surface area contributed by atoms with E-state index >= 15 is 0 Å². The summed E-state index contributed by atoms with van der Waals surface area (Å²) in [6, 6.07) is 5.06. The highest BCUT2D eigenvalue weighted by Gasteiger charge is 2.17. The van der Waals surface area contributed by atoms with Crippen LogP contribution in [0.15, 0.2) is 24.4 Å². The van der Waals surface area contributed by atoms with E-state index in [0.29, 0.717) is 0 Å². The second kappa shape index (κ2) is 5.36. The molecule has 0 bridgehead atoms. The van der Waals surface area contributed by atoms with E-state index in [2.05, 4.69) is 10.3 Å². The van der Waals surface area contributed by atoms with Crippen molar-refractivity contribution in [2.75, 3.05) is 5.73 Å². The molecular weight excluding hydrogens is 265 g/mol. The Morgan fingerprint density at radius 2 is 2.21 bits per heavy atom. The van der Waals surface area contributed by atoms with Crippen molar-refractivity contribution in [2.24, 2.45) is 0 Å². The van der Waals surface area contributed by atoms with Crippen molar-refractivity contribution >= 4 is 23.1 Å². The van der Waals surface area contributed by atoms with Crippen LogP contribution in [-0.2, 0) is 0 Å². The number of hydrogen-bond donors (Lipinski definition) is 2. The van der Waals surface area contributed by atoms with Crippen molar-refractivity contribution < 1.29 is 9.18 Å². The van der Waals surface area contributed by atoms with Crippen LogP contribution in [0.2, 0.25) is 0 Å². The van der Waals surface area contributed by atoms with Crippen LogP contribution in [0, 0.1) is 12.7 Å². The van der Waals surface area contributed by atoms with Crippen LogP contribution in [0.25, 0.3) is 0 Å². The number of anilines is 1. The summed E-state index contributed by atoms with van der Waals surface area (Å²) in [6.45, 7) is 3.84. The van der Waals surface area contributed by atoms with Gasteiger partial charge in [0.2, 0.25) is 0 Å². The Labute approximate surface area is 114 Å². The molecule has 0 fully saturated rings. The Hall–Kier alpha value is -1.95. The van der Waals surface area contributed by atoms with E-state index < -0.39 is 11.7 Å². The number of halogens is 1. The number of thiophene rings is 1. The summed E-state index contributed by atoms with van der Waals surface area (Å²) in [4.78, 5) is 17.7. The van der Waals surface area contributed by atoms with Crippen molar-refractivity contribution in [1.29, 1.82) is 0 Å². The number of aromatic nitrogens is 1. The lowest BCUT2D eigenvalue weighted by molar-refractivity contribution is 0.0936. The van der Waals surface area contributed by atoms with Gasteiger partial charge in [-0.3, -0.25) is 4.79 Å². The molecule has 0 aromatic carbocycles. The maximum Gasteiger partial charge on any atom is 0.254 e. The summed E-state index contributed by atoms with van der Waals surface area (Å²) in [5.74, 6) is -1.55. The van der Waals surface area contributed by atoms with Crippen LogP contribution in [0.3, 0.4) is 0 Å². The maximum atomic E-state index is 13.7. The van der Waals surface area contributed by atoms with Gasteiger partial charge < -0.3 is 11.1 Å². The second-order valence-corrected chi connectivity index (χ2v) is 5.52. The molecule has 6 heteroatoms. The lowest BCUT2D eigenvalue weighted by atomic mass is 10.2. The molecule has 2 aromatic heterocycles. The minimum atomic E-state index is -0.783. The first kappa shape index (κ1) is 13.5. The lowest BCUT2D eigenvalue weighted by Gasteiger charge is -2.12. The summed E-state index contributed by atoms with van der Waals surface area (Å²) in [5.41, 5.74) is 5.25. The molecule has 4 nitrogen and oxygen atoms in total. The first-order valence-electron chi connectivity index (χ1n) is 5.76. The van der Waals surface area contributed by atoms with Gasteiger partial charge in [-0.05, 0) is 32.0 Å². The minimum Gasteiger partial charge on any atom is -0.381 e. The van der Waals surface area contributed by atoms with Gasteiger partial charge in [-0.1, -0.05) is 0 Å². The molecular formula is C13H14FN3OS. The van der Waals surface area contributed by atoms with Crippen molar-refractivity contribution in [3.8, 4) is 0 Å². The summed E-state index contributed by atoms with van der Waals surface area (Å²) in [7, 11) is 0. The molecule has 1 amide bonds. The zero-order valence-corrected chi connectivity index (χ0v) is 11.4. The summed E-state index contributed by atoms with van der Waals surface area (Å²) < 4.78 is 13.7. The third-order valence-electron chi connectivity index (χ3n) is 2.70. The monoisotopic (exact) mass is 279 g/mol. The van der Waals surface area contributed by atoms with Crippen LogP contribution in [0.1, 0.15) is 33.1 Å². The topological polar surface area (TPSA) is 68.0 Å². The first-order chi connectivity index (χ1) is 8.99. The molecule has 2 rings (SSSR count). The van der Waals surface area contributed by atoms with Gasteiger partial charge in [-0.2, -0.15) is 0 Å². The Balaban J connectivity index is 2.15. The average Bonchev–Trinajstić information content (AvgIpc) is 2.79. The van der Waals surface area contributed by atoms with Crippen molar-refractivity contribution in [2.45, 2.75) is 19.9 Å². The first-order valence-corrected chi connectivity index (χ1v) is 6.58. The Morgan fingerprint density at radius 1 is 1.47 bits per heavy atom. The van der Waals surface area contributed by atoms with Gasteiger partial charge in [0.1, 0.15) is 0 Å². The van der Waals surface area contributed by atoms with Crippen LogP contribution in [0.5, 0.6) is 0 Å². The number of carbonyl (C=O) groups excluding carboxylic acids is 1. The molecule has 1 atom stereocenters. The van der Waals surface area contributed by atoms with Crippen LogP contribution >= 0.6 is 11.3 Å². The van der Waals surface area contributed by atoms with E-state index in [1.165, 1.54) is 12.3 Å². The molecule has 0 aliphatic heterocycles. The standard InChI is InChI=1S/C13H14FN3OS/c1-7-3-4-10(19-7)8(2)17-13(18)9-5-6-16-12(15)11(9)14/h3-6,8H,1-2H3,(H2,15,16)(H,17,18). The van der Waals surface area contributed by atoms with Gasteiger partial charge in [0.15, 0.2) is 11.6 Å². The molecule has 0 spiro atoms. The fraction of sp³-hybridized carbons (Fsp3) is 0.231. The quantitative estimate of drug-likeness (QED) is 0.907. The molecule has 100 valence electrons. The predicted octanol–water partition coefficient (Wildman–Crippen LogP) is 2.66. The fourth-order valence-corrected chi connectivity index (χ4v) is 2.55. The van der Waals surface area contributed by atoms with Gasteiger partial charge in [0.05, 0.1) is 11.6 Å². The number of hydrogen-bond acceptors (Lipinski definition) is 4. The number of nitrogen functional groups attached to an aromatic ring is 1. The fourth-order valence-electron chi connectivity index (χ4n) is 1.67. The Kier molecular flexibility index (Phi) is 3.80. The lowest BCUT2D eigenvalue weighted by Crippen LogP contribution is -2.27. The van der Waals surface area contributed by atoms with Gasteiger partial charge in [-0.15, -0.1) is 11.3 Å². The summed E-state index contributed by atoms with van der Waals surface area (Å²) in [5, 5.41) is 2.74. The number of pyridine rings is 1. The normalized spacial score (nSPS) is 12.2. The Morgan fingerprint density at radius 3 is 2.84 bits per heavy atom. The van der Waals surface area contributed by atoms with Gasteiger partial charge in [0, 0.05) is 16.0 Å². The third-order valence-corrected chi connectivity index (χ3v) is 3.88. The number of rotatable bonds is 3. The molecule has 0 radical (unpaired) electrons. The van der Waals surface area contributed by atoms with E-state index in [1.54, 1.807) is 11.3 Å². The molecule has 19 heavy (non-hydrogen) atoms. The average molecular weight is 279 g/mol. The molecule has 0 aliphatic rings. The highest BCUT2D eigenvalue weighted by atomic mass is 32.1. The van der Waals surface area contributed by atoms with E-state index in [4.69, 9.17) is 5.73 Å². The number of aryl methyl sites for hydroxylation is 1. The van der Waals surface area contributed by atoms with Crippen molar-refractivity contribution in [3.05, 3.63) is 45.5 Å². The van der Waals surface area contributed by atoms with Gasteiger partial charge in [0.25, 0.3) is 5.91 Å². The number of nitrogens with zero attached hydrogens (tertiary/aromatic N) is 1. The van der Waals surface area contributed by atoms with E-state index in [-0.39, 0.29) is 17.4 Å². The molecule has 2 heterocycles. The van der Waals surface area contributed by atoms with Gasteiger partial charge >= 0.3 is 0 Å². The van der Waals surface area contributed by atoms with E-state index in [9.17, 15) is 9.18 Å². The van der Waals surface area contributed by atoms with Crippen LogP contribution in [0.4, 0.5) is 10.2 Å². The maximum absolute atomic E-state index is 13.7. The number of amides is 1. The molecule has 0 aliphatic carbocycles. The van der Waals surface area contributed by atoms with Crippen LogP contribution < -0.4 is 11.1 Å². The molecule has 3 N–H and O–H groups in total. The zero-order chi connectivity index (χ0) is 14.0. The largest absolute Gasteiger partial charge is 0.381 e. The van der Waals surface area contributed by atoms with Crippen molar-refractivity contribution in [1.82, 2.24) is 10.3 Å². The minimum absolute atomic E-state index is 0.0902. The van der Waals surface area contributed by atoms with Crippen molar-refractivity contribution in [3.63, 3.8) is 0 Å². The molecule has 0 saturated carbocycles. The molecule has 2 aromatic rings.